The smallest absolute Gasteiger partial charge is 0.325 e. The summed E-state index contributed by atoms with van der Waals surface area (Å²) in [5, 5.41) is 2.76. The molecule has 2 heterocycles. The van der Waals surface area contributed by atoms with Gasteiger partial charge in [0.2, 0.25) is 0 Å². The Morgan fingerprint density at radius 3 is 2.42 bits per heavy atom. The zero-order valence-corrected chi connectivity index (χ0v) is 18.8. The van der Waals surface area contributed by atoms with Crippen LogP contribution in [0.25, 0.3) is 0 Å². The number of hydrogen-bond donors (Lipinski definition) is 1. The fourth-order valence-electron chi connectivity index (χ4n) is 3.97. The lowest BCUT2D eigenvalue weighted by Crippen LogP contribution is -2.44. The summed E-state index contributed by atoms with van der Waals surface area (Å²) in [6.45, 7) is 9.78. The van der Waals surface area contributed by atoms with Gasteiger partial charge in [0, 0.05) is 23.5 Å². The monoisotopic (exact) mass is 427 g/mol. The molecule has 3 amide bonds. The van der Waals surface area contributed by atoms with Crippen molar-refractivity contribution in [1.29, 1.82) is 0 Å². The first kappa shape index (κ1) is 22.7. The number of benzene rings is 1. The van der Waals surface area contributed by atoms with E-state index < -0.39 is 11.6 Å². The Kier molecular flexibility index (Phi) is 6.34. The standard InChI is InChI=1S/C24H30FN3O3/c1-15(2)10-11-24(5)22(30)28(23(31)26-24)14-21(29)20-12-16(3)27(17(20)4)13-18-6-8-19(25)9-7-18/h6-9,12,15H,10-11,13-14H2,1-5H3,(H,26,31)/t24-/m0/s1. The molecule has 1 aliphatic rings. The Balaban J connectivity index is 1.75. The number of imide groups is 1. The van der Waals surface area contributed by atoms with Crippen LogP contribution in [0.15, 0.2) is 30.3 Å². The van der Waals surface area contributed by atoms with Crippen molar-refractivity contribution < 1.29 is 18.8 Å². The van der Waals surface area contributed by atoms with Crippen molar-refractivity contribution in [2.75, 3.05) is 6.54 Å². The number of nitrogens with one attached hydrogen (secondary N) is 1. The Labute approximate surface area is 182 Å². The number of carbonyl (C=O) groups is 3. The van der Waals surface area contributed by atoms with Crippen LogP contribution < -0.4 is 5.32 Å². The molecule has 31 heavy (non-hydrogen) atoms. The molecule has 1 aromatic carbocycles. The van der Waals surface area contributed by atoms with Gasteiger partial charge in [-0.1, -0.05) is 26.0 Å². The number of carbonyl (C=O) groups excluding carboxylic acids is 3. The number of ketones is 1. The molecule has 0 unspecified atom stereocenters. The van der Waals surface area contributed by atoms with Crippen LogP contribution in [0.5, 0.6) is 0 Å². The summed E-state index contributed by atoms with van der Waals surface area (Å²) in [4.78, 5) is 39.4. The molecule has 0 saturated carbocycles. The van der Waals surface area contributed by atoms with Crippen molar-refractivity contribution in [1.82, 2.24) is 14.8 Å². The van der Waals surface area contributed by atoms with Gasteiger partial charge >= 0.3 is 6.03 Å². The Hall–Kier alpha value is -2.96. The van der Waals surface area contributed by atoms with E-state index in [0.717, 1.165) is 28.3 Å². The number of aromatic nitrogens is 1. The summed E-state index contributed by atoms with van der Waals surface area (Å²) in [5.41, 5.74) is 2.06. The highest BCUT2D eigenvalue weighted by atomic mass is 19.1. The molecule has 166 valence electrons. The number of aryl methyl sites for hydroxylation is 1. The van der Waals surface area contributed by atoms with E-state index in [1.807, 2.05) is 18.4 Å². The highest BCUT2D eigenvalue weighted by Crippen LogP contribution is 2.26. The second-order valence-electron chi connectivity index (χ2n) is 9.01. The zero-order chi connectivity index (χ0) is 22.9. The van der Waals surface area contributed by atoms with E-state index >= 15 is 0 Å². The van der Waals surface area contributed by atoms with E-state index in [-0.39, 0.29) is 24.1 Å². The van der Waals surface area contributed by atoms with E-state index in [1.165, 1.54) is 12.1 Å². The molecule has 1 aromatic heterocycles. The highest BCUT2D eigenvalue weighted by Gasteiger charge is 2.48. The Morgan fingerprint density at radius 1 is 1.16 bits per heavy atom. The average Bonchev–Trinajstić information content (AvgIpc) is 3.10. The lowest BCUT2D eigenvalue weighted by molar-refractivity contribution is -0.130. The first-order chi connectivity index (χ1) is 14.5. The largest absolute Gasteiger partial charge is 0.344 e. The maximum atomic E-state index is 13.2. The Bertz CT molecular complexity index is 1010. The molecule has 1 N–H and O–H groups in total. The summed E-state index contributed by atoms with van der Waals surface area (Å²) in [6, 6.07) is 7.48. The lowest BCUT2D eigenvalue weighted by atomic mass is 9.92. The molecule has 0 radical (unpaired) electrons. The first-order valence-electron chi connectivity index (χ1n) is 10.6. The van der Waals surface area contributed by atoms with Crippen molar-refractivity contribution in [3.05, 3.63) is 58.7 Å². The molecule has 0 aliphatic carbocycles. The first-order valence-corrected chi connectivity index (χ1v) is 10.6. The predicted molar refractivity (Wildman–Crippen MR) is 116 cm³/mol. The van der Waals surface area contributed by atoms with Gasteiger partial charge in [-0.2, -0.15) is 0 Å². The third-order valence-electron chi connectivity index (χ3n) is 6.00. The fraction of sp³-hybridized carbons (Fsp3) is 0.458. The molecule has 1 fully saturated rings. The molecule has 6 nitrogen and oxygen atoms in total. The molecular weight excluding hydrogens is 397 g/mol. The third-order valence-corrected chi connectivity index (χ3v) is 6.00. The summed E-state index contributed by atoms with van der Waals surface area (Å²) >= 11 is 0. The normalized spacial score (nSPS) is 18.7. The molecule has 1 saturated heterocycles. The molecule has 7 heteroatoms. The van der Waals surface area contributed by atoms with Gasteiger partial charge in [-0.05, 0) is 63.3 Å². The van der Waals surface area contributed by atoms with Gasteiger partial charge in [-0.3, -0.25) is 14.5 Å². The van der Waals surface area contributed by atoms with Crippen LogP contribution in [0.2, 0.25) is 0 Å². The van der Waals surface area contributed by atoms with E-state index in [9.17, 15) is 18.8 Å². The topological polar surface area (TPSA) is 71.4 Å². The van der Waals surface area contributed by atoms with Crippen molar-refractivity contribution in [3.8, 4) is 0 Å². The van der Waals surface area contributed by atoms with Gasteiger partial charge in [0.25, 0.3) is 5.91 Å². The summed E-state index contributed by atoms with van der Waals surface area (Å²) in [7, 11) is 0. The van der Waals surface area contributed by atoms with E-state index in [0.29, 0.717) is 24.4 Å². The molecular formula is C24H30FN3O3. The van der Waals surface area contributed by atoms with Crippen LogP contribution >= 0.6 is 0 Å². The molecule has 0 bridgehead atoms. The number of amides is 3. The molecule has 3 rings (SSSR count). The summed E-state index contributed by atoms with van der Waals surface area (Å²) in [6.07, 6.45) is 1.33. The van der Waals surface area contributed by atoms with Crippen molar-refractivity contribution in [2.24, 2.45) is 5.92 Å². The lowest BCUT2D eigenvalue weighted by Gasteiger charge is -2.22. The quantitative estimate of drug-likeness (QED) is 0.506. The van der Waals surface area contributed by atoms with E-state index in [4.69, 9.17) is 0 Å². The minimum atomic E-state index is -0.971. The van der Waals surface area contributed by atoms with Crippen LogP contribution in [0.4, 0.5) is 9.18 Å². The minimum Gasteiger partial charge on any atom is -0.344 e. The van der Waals surface area contributed by atoms with E-state index in [1.54, 1.807) is 25.1 Å². The maximum Gasteiger partial charge on any atom is 0.325 e. The fourth-order valence-corrected chi connectivity index (χ4v) is 3.97. The van der Waals surface area contributed by atoms with Crippen LogP contribution in [0.3, 0.4) is 0 Å². The molecule has 2 aromatic rings. The Morgan fingerprint density at radius 2 is 1.81 bits per heavy atom. The SMILES string of the molecule is Cc1cc(C(=O)CN2C(=O)N[C@@](C)(CCC(C)C)C2=O)c(C)n1Cc1ccc(F)cc1. The zero-order valence-electron chi connectivity index (χ0n) is 18.8. The van der Waals surface area contributed by atoms with Crippen LogP contribution in [-0.2, 0) is 11.3 Å². The second-order valence-corrected chi connectivity index (χ2v) is 9.01. The number of urea groups is 1. The van der Waals surface area contributed by atoms with Gasteiger partial charge in [0.1, 0.15) is 11.4 Å². The predicted octanol–water partition coefficient (Wildman–Crippen LogP) is 4.22. The third kappa shape index (κ3) is 4.70. The number of nitrogens with zero attached hydrogens (tertiary/aromatic N) is 2. The average molecular weight is 428 g/mol. The summed E-state index contributed by atoms with van der Waals surface area (Å²) in [5.74, 6) is -0.528. The summed E-state index contributed by atoms with van der Waals surface area (Å²) < 4.78 is 15.1. The van der Waals surface area contributed by atoms with Gasteiger partial charge in [0.15, 0.2) is 5.78 Å². The van der Waals surface area contributed by atoms with Crippen molar-refractivity contribution in [3.63, 3.8) is 0 Å². The maximum absolute atomic E-state index is 13.2. The van der Waals surface area contributed by atoms with Crippen LogP contribution in [-0.4, -0.2) is 39.3 Å². The van der Waals surface area contributed by atoms with Crippen molar-refractivity contribution >= 4 is 17.7 Å². The van der Waals surface area contributed by atoms with Gasteiger partial charge in [-0.15, -0.1) is 0 Å². The van der Waals surface area contributed by atoms with Crippen LogP contribution in [0.1, 0.15) is 60.9 Å². The molecule has 0 spiro atoms. The van der Waals surface area contributed by atoms with E-state index in [2.05, 4.69) is 19.2 Å². The van der Waals surface area contributed by atoms with Gasteiger partial charge < -0.3 is 9.88 Å². The van der Waals surface area contributed by atoms with Crippen LogP contribution in [0, 0.1) is 25.6 Å². The van der Waals surface area contributed by atoms with Gasteiger partial charge in [-0.25, -0.2) is 9.18 Å². The number of halogens is 1. The molecule has 1 atom stereocenters. The highest BCUT2D eigenvalue weighted by molar-refractivity contribution is 6.11. The number of rotatable bonds is 8. The van der Waals surface area contributed by atoms with Gasteiger partial charge in [0.05, 0.1) is 6.54 Å². The minimum absolute atomic E-state index is 0.282. The number of Topliss-reactive ketones (excluding diaryl/α,β-unsaturated/α-hetero) is 1. The number of hydrogen-bond acceptors (Lipinski definition) is 3. The second kappa shape index (κ2) is 8.65. The van der Waals surface area contributed by atoms with Crippen molar-refractivity contribution in [2.45, 2.75) is 59.5 Å². The molecule has 1 aliphatic heterocycles.